The zero-order chi connectivity index (χ0) is 14.3. The van der Waals surface area contributed by atoms with Crippen LogP contribution in [0.3, 0.4) is 0 Å². The van der Waals surface area contributed by atoms with E-state index in [1.165, 1.54) is 46.1 Å². The second kappa shape index (κ2) is 5.17. The predicted molar refractivity (Wildman–Crippen MR) is 85.1 cm³/mol. The lowest BCUT2D eigenvalue weighted by molar-refractivity contribution is 0.654. The van der Waals surface area contributed by atoms with Crippen LogP contribution in [0.4, 0.5) is 0 Å². The van der Waals surface area contributed by atoms with E-state index in [0.717, 1.165) is 12.8 Å². The Morgan fingerprint density at radius 2 is 1.85 bits per heavy atom. The molecule has 0 saturated carbocycles. The molecular weight excluding hydrogens is 244 g/mol. The highest BCUT2D eigenvalue weighted by molar-refractivity contribution is 5.87. The van der Waals surface area contributed by atoms with Gasteiger partial charge in [0.05, 0.1) is 5.52 Å². The lowest BCUT2D eigenvalue weighted by atomic mass is 9.86. The first-order chi connectivity index (χ1) is 9.59. The van der Waals surface area contributed by atoms with Gasteiger partial charge in [-0.05, 0) is 55.2 Å². The minimum atomic E-state index is 0.0785. The van der Waals surface area contributed by atoms with E-state index >= 15 is 0 Å². The highest BCUT2D eigenvalue weighted by Crippen LogP contribution is 2.35. The molecule has 0 amide bonds. The van der Waals surface area contributed by atoms with Crippen molar-refractivity contribution in [3.05, 3.63) is 40.6 Å². The number of fused-ring (bicyclic) bond motifs is 2. The van der Waals surface area contributed by atoms with Gasteiger partial charge in [0, 0.05) is 17.1 Å². The summed E-state index contributed by atoms with van der Waals surface area (Å²) in [7, 11) is 0. The van der Waals surface area contributed by atoms with Crippen LogP contribution < -0.4 is 5.73 Å². The SMILES string of the molecule is CC(C)c1cccc2c(C(C)N)c3c(nc12)CCCC3. The van der Waals surface area contributed by atoms with Crippen molar-refractivity contribution in [3.8, 4) is 0 Å². The molecule has 20 heavy (non-hydrogen) atoms. The van der Waals surface area contributed by atoms with E-state index < -0.39 is 0 Å². The van der Waals surface area contributed by atoms with Crippen LogP contribution in [0.2, 0.25) is 0 Å². The number of hydrogen-bond acceptors (Lipinski definition) is 2. The first-order valence-corrected chi connectivity index (χ1v) is 7.79. The fourth-order valence-electron chi connectivity index (χ4n) is 3.49. The molecule has 1 atom stereocenters. The maximum absolute atomic E-state index is 6.30. The molecule has 1 aromatic carbocycles. The Bertz CT molecular complexity index is 641. The number of nitrogens with zero attached hydrogens (tertiary/aromatic N) is 1. The molecular formula is C18H24N2. The molecule has 2 aromatic rings. The van der Waals surface area contributed by atoms with Gasteiger partial charge in [0.25, 0.3) is 0 Å². The molecule has 0 aliphatic heterocycles. The van der Waals surface area contributed by atoms with Crippen LogP contribution >= 0.6 is 0 Å². The Hall–Kier alpha value is -1.41. The van der Waals surface area contributed by atoms with Gasteiger partial charge < -0.3 is 5.73 Å². The predicted octanol–water partition coefficient (Wildman–Crippen LogP) is 4.26. The van der Waals surface area contributed by atoms with Crippen LogP contribution in [0.5, 0.6) is 0 Å². The summed E-state index contributed by atoms with van der Waals surface area (Å²) < 4.78 is 0. The number of aromatic nitrogens is 1. The molecule has 3 rings (SSSR count). The molecule has 1 aliphatic rings. The second-order valence-corrected chi connectivity index (χ2v) is 6.34. The average molecular weight is 268 g/mol. The number of benzene rings is 1. The molecule has 2 heteroatoms. The van der Waals surface area contributed by atoms with Crippen molar-refractivity contribution >= 4 is 10.9 Å². The van der Waals surface area contributed by atoms with E-state index in [1.54, 1.807) is 0 Å². The summed E-state index contributed by atoms with van der Waals surface area (Å²) in [6.07, 6.45) is 4.77. The number of nitrogens with two attached hydrogens (primary N) is 1. The minimum absolute atomic E-state index is 0.0785. The Morgan fingerprint density at radius 3 is 2.55 bits per heavy atom. The molecule has 2 nitrogen and oxygen atoms in total. The van der Waals surface area contributed by atoms with E-state index in [9.17, 15) is 0 Å². The molecule has 106 valence electrons. The molecule has 1 heterocycles. The topological polar surface area (TPSA) is 38.9 Å². The quantitative estimate of drug-likeness (QED) is 0.884. The first-order valence-electron chi connectivity index (χ1n) is 7.79. The summed E-state index contributed by atoms with van der Waals surface area (Å²) in [5, 5.41) is 1.27. The molecule has 1 aliphatic carbocycles. The number of rotatable bonds is 2. The fourth-order valence-corrected chi connectivity index (χ4v) is 3.49. The van der Waals surface area contributed by atoms with Crippen LogP contribution in [0, 0.1) is 0 Å². The number of aryl methyl sites for hydroxylation is 1. The molecule has 0 spiro atoms. The maximum atomic E-state index is 6.30. The summed E-state index contributed by atoms with van der Waals surface area (Å²) >= 11 is 0. The Labute approximate surface area is 121 Å². The van der Waals surface area contributed by atoms with Crippen molar-refractivity contribution in [2.75, 3.05) is 0 Å². The van der Waals surface area contributed by atoms with Crippen LogP contribution in [-0.2, 0) is 12.8 Å². The Balaban J connectivity index is 2.38. The van der Waals surface area contributed by atoms with E-state index in [4.69, 9.17) is 10.7 Å². The molecule has 1 aromatic heterocycles. The van der Waals surface area contributed by atoms with E-state index in [1.807, 2.05) is 0 Å². The standard InChI is InChI=1S/C18H24N2/c1-11(2)13-8-6-9-15-17(12(3)19)14-7-4-5-10-16(14)20-18(13)15/h6,8-9,11-12H,4-5,7,10,19H2,1-3H3. The largest absolute Gasteiger partial charge is 0.324 e. The van der Waals surface area contributed by atoms with Crippen molar-refractivity contribution in [2.45, 2.75) is 58.4 Å². The van der Waals surface area contributed by atoms with E-state index in [-0.39, 0.29) is 6.04 Å². The number of para-hydroxylation sites is 1. The van der Waals surface area contributed by atoms with Crippen molar-refractivity contribution in [2.24, 2.45) is 5.73 Å². The van der Waals surface area contributed by atoms with Gasteiger partial charge in [-0.3, -0.25) is 4.98 Å². The van der Waals surface area contributed by atoms with Gasteiger partial charge in [-0.2, -0.15) is 0 Å². The molecule has 0 radical (unpaired) electrons. The molecule has 0 saturated heterocycles. The van der Waals surface area contributed by atoms with Gasteiger partial charge in [-0.15, -0.1) is 0 Å². The van der Waals surface area contributed by atoms with Crippen LogP contribution in [0.1, 0.15) is 68.0 Å². The van der Waals surface area contributed by atoms with Crippen molar-refractivity contribution < 1.29 is 0 Å². The third kappa shape index (κ3) is 2.12. The summed E-state index contributed by atoms with van der Waals surface area (Å²) in [5.74, 6) is 0.494. The highest BCUT2D eigenvalue weighted by Gasteiger charge is 2.21. The highest BCUT2D eigenvalue weighted by atomic mass is 14.7. The smallest absolute Gasteiger partial charge is 0.0743 e. The Kier molecular flexibility index (Phi) is 3.51. The summed E-state index contributed by atoms with van der Waals surface area (Å²) in [6, 6.07) is 6.64. The summed E-state index contributed by atoms with van der Waals surface area (Å²) in [5.41, 5.74) is 12.9. The fraction of sp³-hybridized carbons (Fsp3) is 0.500. The second-order valence-electron chi connectivity index (χ2n) is 6.34. The Morgan fingerprint density at radius 1 is 1.10 bits per heavy atom. The zero-order valence-electron chi connectivity index (χ0n) is 12.7. The van der Waals surface area contributed by atoms with Crippen LogP contribution in [0.15, 0.2) is 18.2 Å². The van der Waals surface area contributed by atoms with Crippen molar-refractivity contribution in [1.29, 1.82) is 0 Å². The third-order valence-corrected chi connectivity index (χ3v) is 4.45. The molecule has 0 fully saturated rings. The molecule has 2 N–H and O–H groups in total. The maximum Gasteiger partial charge on any atom is 0.0743 e. The number of pyridine rings is 1. The first kappa shape index (κ1) is 13.6. The number of hydrogen-bond donors (Lipinski definition) is 1. The summed E-state index contributed by atoms with van der Waals surface area (Å²) in [4.78, 5) is 5.02. The van der Waals surface area contributed by atoms with E-state index in [0.29, 0.717) is 5.92 Å². The average Bonchev–Trinajstić information content (AvgIpc) is 2.43. The van der Waals surface area contributed by atoms with Gasteiger partial charge in [0.1, 0.15) is 0 Å². The lowest BCUT2D eigenvalue weighted by Gasteiger charge is -2.24. The normalized spacial score (nSPS) is 16.4. The van der Waals surface area contributed by atoms with Gasteiger partial charge in [0.15, 0.2) is 0 Å². The zero-order valence-corrected chi connectivity index (χ0v) is 12.7. The summed E-state index contributed by atoms with van der Waals surface area (Å²) in [6.45, 7) is 6.58. The minimum Gasteiger partial charge on any atom is -0.324 e. The van der Waals surface area contributed by atoms with Crippen molar-refractivity contribution in [3.63, 3.8) is 0 Å². The molecule has 0 bridgehead atoms. The van der Waals surface area contributed by atoms with Gasteiger partial charge in [-0.1, -0.05) is 32.0 Å². The van der Waals surface area contributed by atoms with E-state index in [2.05, 4.69) is 39.0 Å². The van der Waals surface area contributed by atoms with Crippen molar-refractivity contribution in [1.82, 2.24) is 4.98 Å². The molecule has 1 unspecified atom stereocenters. The van der Waals surface area contributed by atoms with Gasteiger partial charge >= 0.3 is 0 Å². The van der Waals surface area contributed by atoms with Gasteiger partial charge in [0.2, 0.25) is 0 Å². The van der Waals surface area contributed by atoms with Gasteiger partial charge in [-0.25, -0.2) is 0 Å². The van der Waals surface area contributed by atoms with Crippen LogP contribution in [0.25, 0.3) is 10.9 Å². The van der Waals surface area contributed by atoms with Crippen LogP contribution in [-0.4, -0.2) is 4.98 Å². The monoisotopic (exact) mass is 268 g/mol. The lowest BCUT2D eigenvalue weighted by Crippen LogP contribution is -2.16. The third-order valence-electron chi connectivity index (χ3n) is 4.45.